The molecule has 0 atom stereocenters. The van der Waals surface area contributed by atoms with E-state index in [4.69, 9.17) is 4.74 Å². The van der Waals surface area contributed by atoms with Gasteiger partial charge in [-0.15, -0.1) is 0 Å². The number of hydrogen-bond acceptors (Lipinski definition) is 3. The van der Waals surface area contributed by atoms with Crippen LogP contribution in [0.15, 0.2) is 30.3 Å². The van der Waals surface area contributed by atoms with Crippen LogP contribution in [0.5, 0.6) is 5.75 Å². The standard InChI is InChI=1S/C16H19NO3/c1-10-9-13(17-15(19)20-16(2,3)4)11-7-5-6-8-12(11)14(10)18/h5-9,18H,1-4H3,(H,17,19). The lowest BCUT2D eigenvalue weighted by atomic mass is 10.0. The van der Waals surface area contributed by atoms with Gasteiger partial charge in [0.1, 0.15) is 11.4 Å². The first kappa shape index (κ1) is 14.2. The van der Waals surface area contributed by atoms with Crippen molar-refractivity contribution >= 4 is 22.6 Å². The summed E-state index contributed by atoms with van der Waals surface area (Å²) in [6.45, 7) is 7.23. The van der Waals surface area contributed by atoms with Gasteiger partial charge in [-0.25, -0.2) is 4.79 Å². The van der Waals surface area contributed by atoms with Crippen molar-refractivity contribution in [1.29, 1.82) is 0 Å². The van der Waals surface area contributed by atoms with Gasteiger partial charge < -0.3 is 9.84 Å². The Morgan fingerprint density at radius 3 is 2.40 bits per heavy atom. The van der Waals surface area contributed by atoms with Gasteiger partial charge in [0, 0.05) is 10.8 Å². The zero-order valence-corrected chi connectivity index (χ0v) is 12.2. The number of phenols is 1. The first-order valence-corrected chi connectivity index (χ1v) is 6.49. The predicted molar refractivity (Wildman–Crippen MR) is 80.2 cm³/mol. The first-order valence-electron chi connectivity index (χ1n) is 6.49. The number of phenolic OH excluding ortho intramolecular Hbond substituents is 1. The monoisotopic (exact) mass is 273 g/mol. The molecule has 0 aromatic heterocycles. The smallest absolute Gasteiger partial charge is 0.412 e. The van der Waals surface area contributed by atoms with Crippen LogP contribution in [0.1, 0.15) is 26.3 Å². The topological polar surface area (TPSA) is 58.6 Å². The fourth-order valence-electron chi connectivity index (χ4n) is 2.02. The molecule has 2 aromatic rings. The average Bonchev–Trinajstić information content (AvgIpc) is 2.33. The van der Waals surface area contributed by atoms with Gasteiger partial charge >= 0.3 is 6.09 Å². The first-order chi connectivity index (χ1) is 9.28. The van der Waals surface area contributed by atoms with Crippen LogP contribution in [0.4, 0.5) is 10.5 Å². The average molecular weight is 273 g/mol. The van der Waals surface area contributed by atoms with Crippen molar-refractivity contribution in [3.05, 3.63) is 35.9 Å². The van der Waals surface area contributed by atoms with E-state index in [0.717, 1.165) is 5.39 Å². The molecule has 2 aromatic carbocycles. The Balaban J connectivity index is 2.40. The van der Waals surface area contributed by atoms with Gasteiger partial charge in [0.25, 0.3) is 0 Å². The molecule has 2 N–H and O–H groups in total. The number of nitrogens with one attached hydrogen (secondary N) is 1. The normalized spacial score (nSPS) is 11.4. The molecule has 106 valence electrons. The fraction of sp³-hybridized carbons (Fsp3) is 0.312. The van der Waals surface area contributed by atoms with E-state index < -0.39 is 11.7 Å². The molecule has 2 rings (SSSR count). The second-order valence-electron chi connectivity index (χ2n) is 5.76. The number of ether oxygens (including phenoxy) is 1. The number of rotatable bonds is 1. The second kappa shape index (κ2) is 5.04. The summed E-state index contributed by atoms with van der Waals surface area (Å²) in [5.41, 5.74) is 0.783. The van der Waals surface area contributed by atoms with Crippen molar-refractivity contribution in [2.75, 3.05) is 5.32 Å². The van der Waals surface area contributed by atoms with E-state index >= 15 is 0 Å². The summed E-state index contributed by atoms with van der Waals surface area (Å²) in [5, 5.41) is 14.3. The summed E-state index contributed by atoms with van der Waals surface area (Å²) < 4.78 is 5.25. The fourth-order valence-corrected chi connectivity index (χ4v) is 2.02. The molecule has 0 spiro atoms. The van der Waals surface area contributed by atoms with Crippen LogP contribution < -0.4 is 5.32 Å². The van der Waals surface area contributed by atoms with Crippen molar-refractivity contribution in [1.82, 2.24) is 0 Å². The Morgan fingerprint density at radius 2 is 1.80 bits per heavy atom. The van der Waals surface area contributed by atoms with Crippen LogP contribution in [0, 0.1) is 6.92 Å². The van der Waals surface area contributed by atoms with Gasteiger partial charge in [-0.1, -0.05) is 24.3 Å². The van der Waals surface area contributed by atoms with E-state index in [0.29, 0.717) is 16.6 Å². The number of anilines is 1. The highest BCUT2D eigenvalue weighted by atomic mass is 16.6. The molecule has 0 aliphatic rings. The third kappa shape index (κ3) is 3.02. The molecular weight excluding hydrogens is 254 g/mol. The number of carbonyl (C=O) groups is 1. The molecule has 0 fully saturated rings. The van der Waals surface area contributed by atoms with Gasteiger partial charge in [-0.3, -0.25) is 5.32 Å². The Hall–Kier alpha value is -2.23. The molecule has 0 unspecified atom stereocenters. The van der Waals surface area contributed by atoms with Crippen molar-refractivity contribution in [2.24, 2.45) is 0 Å². The molecule has 0 bridgehead atoms. The van der Waals surface area contributed by atoms with Gasteiger partial charge in [0.2, 0.25) is 0 Å². The number of amides is 1. The van der Waals surface area contributed by atoms with E-state index in [1.807, 2.05) is 45.0 Å². The van der Waals surface area contributed by atoms with Gasteiger partial charge in [-0.05, 0) is 39.3 Å². The van der Waals surface area contributed by atoms with Crippen molar-refractivity contribution < 1.29 is 14.6 Å². The van der Waals surface area contributed by atoms with E-state index in [9.17, 15) is 9.90 Å². The van der Waals surface area contributed by atoms with Gasteiger partial charge in [0.05, 0.1) is 5.69 Å². The lowest BCUT2D eigenvalue weighted by Gasteiger charge is -2.20. The molecule has 0 aliphatic heterocycles. The molecule has 4 heteroatoms. The third-order valence-electron chi connectivity index (χ3n) is 2.84. The number of aromatic hydroxyl groups is 1. The molecule has 0 heterocycles. The van der Waals surface area contributed by atoms with E-state index in [2.05, 4.69) is 5.32 Å². The zero-order valence-electron chi connectivity index (χ0n) is 12.2. The summed E-state index contributed by atoms with van der Waals surface area (Å²) in [5.74, 6) is 0.232. The van der Waals surface area contributed by atoms with Crippen molar-refractivity contribution in [3.8, 4) is 5.75 Å². The molecule has 0 saturated heterocycles. The molecular formula is C16H19NO3. The van der Waals surface area contributed by atoms with Gasteiger partial charge in [0.15, 0.2) is 0 Å². The molecule has 0 saturated carbocycles. The highest BCUT2D eigenvalue weighted by Gasteiger charge is 2.17. The lowest BCUT2D eigenvalue weighted by Crippen LogP contribution is -2.27. The Morgan fingerprint density at radius 1 is 1.20 bits per heavy atom. The molecule has 4 nitrogen and oxygen atoms in total. The number of carbonyl (C=O) groups excluding carboxylic acids is 1. The Labute approximate surface area is 118 Å². The Kier molecular flexibility index (Phi) is 3.57. The maximum atomic E-state index is 11.9. The summed E-state index contributed by atoms with van der Waals surface area (Å²) >= 11 is 0. The van der Waals surface area contributed by atoms with E-state index in [1.165, 1.54) is 0 Å². The van der Waals surface area contributed by atoms with Crippen LogP contribution >= 0.6 is 0 Å². The quantitative estimate of drug-likeness (QED) is 0.765. The van der Waals surface area contributed by atoms with Crippen LogP contribution in [0.2, 0.25) is 0 Å². The molecule has 0 radical (unpaired) electrons. The lowest BCUT2D eigenvalue weighted by molar-refractivity contribution is 0.0636. The maximum absolute atomic E-state index is 11.9. The zero-order chi connectivity index (χ0) is 14.9. The highest BCUT2D eigenvalue weighted by Crippen LogP contribution is 2.34. The maximum Gasteiger partial charge on any atom is 0.412 e. The van der Waals surface area contributed by atoms with Gasteiger partial charge in [-0.2, -0.15) is 0 Å². The SMILES string of the molecule is Cc1cc(NC(=O)OC(C)(C)C)c2ccccc2c1O. The molecule has 0 aliphatic carbocycles. The number of fused-ring (bicyclic) bond motifs is 1. The van der Waals surface area contributed by atoms with Crippen molar-refractivity contribution in [2.45, 2.75) is 33.3 Å². The summed E-state index contributed by atoms with van der Waals surface area (Å²) in [6.07, 6.45) is -0.507. The third-order valence-corrected chi connectivity index (χ3v) is 2.84. The summed E-state index contributed by atoms with van der Waals surface area (Å²) in [4.78, 5) is 11.9. The summed E-state index contributed by atoms with van der Waals surface area (Å²) in [7, 11) is 0. The van der Waals surface area contributed by atoms with E-state index in [-0.39, 0.29) is 5.75 Å². The largest absolute Gasteiger partial charge is 0.507 e. The minimum atomic E-state index is -0.550. The van der Waals surface area contributed by atoms with Crippen LogP contribution in [0.3, 0.4) is 0 Å². The number of hydrogen-bond donors (Lipinski definition) is 2. The van der Waals surface area contributed by atoms with Crippen LogP contribution in [-0.4, -0.2) is 16.8 Å². The summed E-state index contributed by atoms with van der Waals surface area (Å²) in [6, 6.07) is 9.11. The minimum absolute atomic E-state index is 0.232. The van der Waals surface area contributed by atoms with Crippen LogP contribution in [0.25, 0.3) is 10.8 Å². The number of benzene rings is 2. The predicted octanol–water partition coefficient (Wildman–Crippen LogP) is 4.20. The van der Waals surface area contributed by atoms with E-state index in [1.54, 1.807) is 13.0 Å². The number of aryl methyl sites for hydroxylation is 1. The highest BCUT2D eigenvalue weighted by molar-refractivity contribution is 6.03. The minimum Gasteiger partial charge on any atom is -0.507 e. The molecule has 1 amide bonds. The molecule has 20 heavy (non-hydrogen) atoms. The Bertz CT molecular complexity index is 657. The van der Waals surface area contributed by atoms with Crippen molar-refractivity contribution in [3.63, 3.8) is 0 Å². The van der Waals surface area contributed by atoms with Crippen LogP contribution in [-0.2, 0) is 4.74 Å². The second-order valence-corrected chi connectivity index (χ2v) is 5.76.